The average Bonchev–Trinajstić information content (AvgIpc) is 2.91. The first-order chi connectivity index (χ1) is 14.8. The number of guanidine groups is 1. The zero-order valence-electron chi connectivity index (χ0n) is 18.8. The lowest BCUT2D eigenvalue weighted by Gasteiger charge is -2.23. The van der Waals surface area contributed by atoms with Crippen LogP contribution in [0.4, 0.5) is 0 Å². The van der Waals surface area contributed by atoms with Gasteiger partial charge in [-0.1, -0.05) is 68.4 Å². The standard InChI is InChI=1S/C26H33N3O2/c1-19(2)17-26(3)24(31)29(25(27)28-26)18-22-13-7-12-21(15-22)16-23(30)14-8-11-20-9-5-4-6-10-20/h4-7,9-10,12-13,15,19H,8,11,14,16-18H2,1-3H3,(H2,27,28). The van der Waals surface area contributed by atoms with E-state index in [1.807, 2.05) is 49.4 Å². The van der Waals surface area contributed by atoms with Gasteiger partial charge >= 0.3 is 0 Å². The van der Waals surface area contributed by atoms with Crippen LogP contribution in [0.1, 0.15) is 56.7 Å². The quantitative estimate of drug-likeness (QED) is 0.624. The molecule has 0 saturated heterocycles. The van der Waals surface area contributed by atoms with Crippen LogP contribution in [-0.2, 0) is 29.0 Å². The van der Waals surface area contributed by atoms with Gasteiger partial charge in [0.15, 0.2) is 5.96 Å². The van der Waals surface area contributed by atoms with E-state index in [9.17, 15) is 9.59 Å². The van der Waals surface area contributed by atoms with E-state index >= 15 is 0 Å². The SMILES string of the molecule is CC(C)CC1(C)N=C(N)N(Cc2cccc(CC(=O)CCCc3ccccc3)c2)C1=O. The Bertz CT molecular complexity index is 952. The fourth-order valence-electron chi connectivity index (χ4n) is 4.31. The van der Waals surface area contributed by atoms with E-state index in [1.165, 1.54) is 5.56 Å². The molecule has 1 aliphatic rings. The summed E-state index contributed by atoms with van der Waals surface area (Å²) >= 11 is 0. The van der Waals surface area contributed by atoms with E-state index in [4.69, 9.17) is 5.73 Å². The molecule has 1 heterocycles. The number of carbonyl (C=O) groups excluding carboxylic acids is 2. The molecule has 0 spiro atoms. The number of Topliss-reactive ketones (excluding diaryl/α,β-unsaturated/α-hetero) is 1. The molecule has 0 radical (unpaired) electrons. The minimum atomic E-state index is -0.787. The van der Waals surface area contributed by atoms with Crippen LogP contribution < -0.4 is 5.73 Å². The number of rotatable bonds is 10. The molecule has 2 aromatic rings. The molecule has 5 nitrogen and oxygen atoms in total. The molecule has 0 aromatic heterocycles. The molecule has 2 aromatic carbocycles. The van der Waals surface area contributed by atoms with Crippen molar-refractivity contribution in [2.45, 2.75) is 65.0 Å². The van der Waals surface area contributed by atoms with Gasteiger partial charge in [-0.2, -0.15) is 0 Å². The number of hydrogen-bond donors (Lipinski definition) is 1. The predicted octanol–water partition coefficient (Wildman–Crippen LogP) is 4.28. The largest absolute Gasteiger partial charge is 0.369 e. The minimum Gasteiger partial charge on any atom is -0.369 e. The number of nitrogens with two attached hydrogens (primary N) is 1. The second-order valence-electron chi connectivity index (χ2n) is 9.11. The Kier molecular flexibility index (Phi) is 7.26. The highest BCUT2D eigenvalue weighted by molar-refractivity contribution is 6.06. The molecule has 0 fully saturated rings. The zero-order chi connectivity index (χ0) is 22.4. The van der Waals surface area contributed by atoms with E-state index < -0.39 is 5.54 Å². The highest BCUT2D eigenvalue weighted by atomic mass is 16.2. The maximum absolute atomic E-state index is 13.0. The molecule has 0 saturated carbocycles. The van der Waals surface area contributed by atoms with Crippen LogP contribution in [0.5, 0.6) is 0 Å². The molecular formula is C26H33N3O2. The fourth-order valence-corrected chi connectivity index (χ4v) is 4.31. The normalized spacial score (nSPS) is 18.5. The lowest BCUT2D eigenvalue weighted by molar-refractivity contribution is -0.131. The van der Waals surface area contributed by atoms with Crippen molar-refractivity contribution in [2.75, 3.05) is 0 Å². The number of nitrogens with zero attached hydrogens (tertiary/aromatic N) is 2. The number of amides is 1. The molecule has 3 rings (SSSR count). The Morgan fingerprint density at radius 3 is 2.45 bits per heavy atom. The third-order valence-electron chi connectivity index (χ3n) is 5.65. The number of hydrogen-bond acceptors (Lipinski definition) is 4. The second kappa shape index (κ2) is 9.90. The van der Waals surface area contributed by atoms with E-state index in [2.05, 4.69) is 31.0 Å². The lowest BCUT2D eigenvalue weighted by atomic mass is 9.91. The first-order valence-electron chi connectivity index (χ1n) is 11.1. The molecular weight excluding hydrogens is 386 g/mol. The summed E-state index contributed by atoms with van der Waals surface area (Å²) in [6.45, 7) is 6.38. The van der Waals surface area contributed by atoms with Crippen molar-refractivity contribution in [3.8, 4) is 0 Å². The smallest absolute Gasteiger partial charge is 0.257 e. The van der Waals surface area contributed by atoms with Gasteiger partial charge in [0.25, 0.3) is 5.91 Å². The maximum Gasteiger partial charge on any atom is 0.257 e. The molecule has 1 atom stereocenters. The second-order valence-corrected chi connectivity index (χ2v) is 9.11. The highest BCUT2D eigenvalue weighted by Crippen LogP contribution is 2.29. The van der Waals surface area contributed by atoms with Gasteiger partial charge in [-0.3, -0.25) is 14.5 Å². The monoisotopic (exact) mass is 419 g/mol. The number of ketones is 1. The van der Waals surface area contributed by atoms with Crippen molar-refractivity contribution >= 4 is 17.6 Å². The summed E-state index contributed by atoms with van der Waals surface area (Å²) in [6, 6.07) is 18.1. The van der Waals surface area contributed by atoms with Crippen LogP contribution in [0.2, 0.25) is 0 Å². The summed E-state index contributed by atoms with van der Waals surface area (Å²) in [7, 11) is 0. The molecule has 1 unspecified atom stereocenters. The summed E-state index contributed by atoms with van der Waals surface area (Å²) in [5.74, 6) is 0.800. The summed E-state index contributed by atoms with van der Waals surface area (Å²) in [5, 5.41) is 0. The van der Waals surface area contributed by atoms with Crippen LogP contribution in [0.15, 0.2) is 59.6 Å². The molecule has 164 valence electrons. The summed E-state index contributed by atoms with van der Waals surface area (Å²) in [4.78, 5) is 31.4. The van der Waals surface area contributed by atoms with Crippen molar-refractivity contribution in [1.82, 2.24) is 4.90 Å². The van der Waals surface area contributed by atoms with Crippen molar-refractivity contribution in [3.63, 3.8) is 0 Å². The molecule has 0 aliphatic carbocycles. The van der Waals surface area contributed by atoms with Crippen LogP contribution in [-0.4, -0.2) is 28.1 Å². The van der Waals surface area contributed by atoms with Crippen molar-refractivity contribution in [3.05, 3.63) is 71.3 Å². The van der Waals surface area contributed by atoms with Crippen LogP contribution >= 0.6 is 0 Å². The Labute approximate surface area is 185 Å². The van der Waals surface area contributed by atoms with Crippen molar-refractivity contribution in [1.29, 1.82) is 0 Å². The van der Waals surface area contributed by atoms with E-state index in [0.717, 1.165) is 24.0 Å². The van der Waals surface area contributed by atoms with E-state index in [0.29, 0.717) is 31.7 Å². The Hall–Kier alpha value is -2.95. The van der Waals surface area contributed by atoms with Gasteiger partial charge in [0, 0.05) is 12.8 Å². The summed E-state index contributed by atoms with van der Waals surface area (Å²) in [6.07, 6.45) is 3.41. The van der Waals surface area contributed by atoms with Gasteiger partial charge < -0.3 is 5.73 Å². The van der Waals surface area contributed by atoms with Gasteiger partial charge in [0.1, 0.15) is 11.3 Å². The van der Waals surface area contributed by atoms with Gasteiger partial charge in [0.05, 0.1) is 6.54 Å². The first kappa shape index (κ1) is 22.7. The summed E-state index contributed by atoms with van der Waals surface area (Å²) < 4.78 is 0. The predicted molar refractivity (Wildman–Crippen MR) is 125 cm³/mol. The van der Waals surface area contributed by atoms with Gasteiger partial charge in [-0.25, -0.2) is 4.99 Å². The number of aliphatic imine (C=N–C) groups is 1. The number of carbonyl (C=O) groups is 2. The highest BCUT2D eigenvalue weighted by Gasteiger charge is 2.43. The maximum atomic E-state index is 13.0. The zero-order valence-corrected chi connectivity index (χ0v) is 18.8. The third kappa shape index (κ3) is 6.03. The third-order valence-corrected chi connectivity index (χ3v) is 5.65. The Morgan fingerprint density at radius 2 is 1.74 bits per heavy atom. The molecule has 31 heavy (non-hydrogen) atoms. The topological polar surface area (TPSA) is 75.8 Å². The van der Waals surface area contributed by atoms with Gasteiger partial charge in [-0.15, -0.1) is 0 Å². The van der Waals surface area contributed by atoms with Crippen molar-refractivity contribution < 1.29 is 9.59 Å². The van der Waals surface area contributed by atoms with Gasteiger partial charge in [0.2, 0.25) is 0 Å². The lowest BCUT2D eigenvalue weighted by Crippen LogP contribution is -2.43. The van der Waals surface area contributed by atoms with Gasteiger partial charge in [-0.05, 0) is 48.8 Å². The number of benzene rings is 2. The molecule has 1 amide bonds. The van der Waals surface area contributed by atoms with Crippen LogP contribution in [0.25, 0.3) is 0 Å². The van der Waals surface area contributed by atoms with Crippen LogP contribution in [0.3, 0.4) is 0 Å². The molecule has 5 heteroatoms. The molecule has 0 bridgehead atoms. The average molecular weight is 420 g/mol. The van der Waals surface area contributed by atoms with Crippen LogP contribution in [0, 0.1) is 5.92 Å². The fraction of sp³-hybridized carbons (Fsp3) is 0.423. The molecule has 1 aliphatic heterocycles. The Balaban J connectivity index is 1.56. The Morgan fingerprint density at radius 1 is 1.06 bits per heavy atom. The van der Waals surface area contributed by atoms with E-state index in [1.54, 1.807) is 4.90 Å². The minimum absolute atomic E-state index is 0.0545. The first-order valence-corrected chi connectivity index (χ1v) is 11.1. The van der Waals surface area contributed by atoms with E-state index in [-0.39, 0.29) is 17.6 Å². The molecule has 2 N–H and O–H groups in total. The summed E-state index contributed by atoms with van der Waals surface area (Å²) in [5.41, 5.74) is 8.49. The van der Waals surface area contributed by atoms with Crippen molar-refractivity contribution in [2.24, 2.45) is 16.6 Å². The number of aryl methyl sites for hydroxylation is 1.